The van der Waals surface area contributed by atoms with Gasteiger partial charge in [-0.1, -0.05) is 29.8 Å². The molecule has 1 amide bonds. The van der Waals surface area contributed by atoms with Crippen LogP contribution in [0.5, 0.6) is 5.75 Å². The minimum Gasteiger partial charge on any atom is -0.481 e. The number of rotatable bonds is 8. The largest absolute Gasteiger partial charge is 0.481 e. The van der Waals surface area contributed by atoms with Crippen LogP contribution in [0.3, 0.4) is 0 Å². The molecule has 0 unspecified atom stereocenters. The summed E-state index contributed by atoms with van der Waals surface area (Å²) >= 11 is 6.03. The smallest absolute Gasteiger partial charge is 0.417 e. The Bertz CT molecular complexity index is 1260. The third-order valence-electron chi connectivity index (χ3n) is 5.06. The van der Waals surface area contributed by atoms with Crippen LogP contribution in [0.2, 0.25) is 5.02 Å². The van der Waals surface area contributed by atoms with E-state index >= 15 is 0 Å². The van der Waals surface area contributed by atoms with Gasteiger partial charge in [0.15, 0.2) is 17.2 Å². The number of nitrogens with one attached hydrogen (secondary N) is 1. The highest BCUT2D eigenvalue weighted by Gasteiger charge is 2.36. The summed E-state index contributed by atoms with van der Waals surface area (Å²) in [5.74, 6) is -1.35. The molecular formula is C23H22ClF3N4O4. The number of carboxylic acids is 1. The number of alkyl halides is 3. The predicted octanol–water partition coefficient (Wildman–Crippen LogP) is 4.67. The number of carboxylic acid groups (broad SMARTS) is 1. The molecule has 0 saturated carbocycles. The van der Waals surface area contributed by atoms with E-state index in [-0.39, 0.29) is 46.5 Å². The van der Waals surface area contributed by atoms with Crippen LogP contribution in [0.1, 0.15) is 42.0 Å². The van der Waals surface area contributed by atoms with Crippen molar-refractivity contribution in [2.24, 2.45) is 7.05 Å². The molecule has 3 rings (SSSR count). The van der Waals surface area contributed by atoms with Gasteiger partial charge in [-0.25, -0.2) is 0 Å². The number of hydrogen-bond acceptors (Lipinski definition) is 5. The lowest BCUT2D eigenvalue weighted by atomic mass is 10.1. The maximum atomic E-state index is 13.5. The first-order valence-electron chi connectivity index (χ1n) is 10.4. The zero-order chi connectivity index (χ0) is 26.0. The summed E-state index contributed by atoms with van der Waals surface area (Å²) in [6, 6.07) is 9.38. The van der Waals surface area contributed by atoms with Crippen molar-refractivity contribution in [2.75, 3.05) is 6.54 Å². The number of aliphatic carboxylic acids is 1. The van der Waals surface area contributed by atoms with E-state index in [1.807, 2.05) is 0 Å². The van der Waals surface area contributed by atoms with Crippen LogP contribution in [0.25, 0.3) is 11.4 Å². The standard InChI is InChI=1S/C23H22ClF3N4O4/c1-22(2,35-17-9-8-13(24)12-15(17)20(34)28-11-10-18(32)33)21-30-29-19(31(21)3)14-6-4-5-7-16(14)23(25,26)27/h4-9,12H,10-11H2,1-3H3,(H,28,34)(H,32,33). The van der Waals surface area contributed by atoms with Crippen molar-refractivity contribution in [3.05, 3.63) is 64.4 Å². The molecule has 0 saturated heterocycles. The van der Waals surface area contributed by atoms with Crippen molar-refractivity contribution in [1.29, 1.82) is 0 Å². The van der Waals surface area contributed by atoms with Crippen LogP contribution < -0.4 is 10.1 Å². The van der Waals surface area contributed by atoms with Gasteiger partial charge in [0, 0.05) is 24.2 Å². The van der Waals surface area contributed by atoms with Gasteiger partial charge < -0.3 is 19.7 Å². The highest BCUT2D eigenvalue weighted by molar-refractivity contribution is 6.31. The number of halogens is 4. The molecule has 186 valence electrons. The first-order valence-corrected chi connectivity index (χ1v) is 10.7. The second kappa shape index (κ2) is 9.95. The summed E-state index contributed by atoms with van der Waals surface area (Å²) in [5, 5.41) is 19.6. The highest BCUT2D eigenvalue weighted by Crippen LogP contribution is 2.37. The molecule has 35 heavy (non-hydrogen) atoms. The predicted molar refractivity (Wildman–Crippen MR) is 121 cm³/mol. The topological polar surface area (TPSA) is 106 Å². The molecule has 8 nitrogen and oxygen atoms in total. The number of ether oxygens (including phenoxy) is 1. The molecular weight excluding hydrogens is 489 g/mol. The maximum Gasteiger partial charge on any atom is 0.417 e. The average molecular weight is 511 g/mol. The van der Waals surface area contributed by atoms with Crippen molar-refractivity contribution in [3.63, 3.8) is 0 Å². The monoisotopic (exact) mass is 510 g/mol. The third-order valence-corrected chi connectivity index (χ3v) is 5.30. The van der Waals surface area contributed by atoms with Crippen LogP contribution in [0.15, 0.2) is 42.5 Å². The number of hydrogen-bond donors (Lipinski definition) is 2. The maximum absolute atomic E-state index is 13.5. The lowest BCUT2D eigenvalue weighted by Gasteiger charge is -2.27. The van der Waals surface area contributed by atoms with E-state index in [1.54, 1.807) is 13.8 Å². The summed E-state index contributed by atoms with van der Waals surface area (Å²) < 4.78 is 48.0. The summed E-state index contributed by atoms with van der Waals surface area (Å²) in [5.41, 5.74) is -2.17. The van der Waals surface area contributed by atoms with Gasteiger partial charge in [0.05, 0.1) is 17.5 Å². The van der Waals surface area contributed by atoms with Crippen molar-refractivity contribution in [3.8, 4) is 17.1 Å². The summed E-state index contributed by atoms with van der Waals surface area (Å²) in [6.45, 7) is 3.14. The van der Waals surface area contributed by atoms with E-state index in [0.29, 0.717) is 0 Å². The molecule has 1 heterocycles. The van der Waals surface area contributed by atoms with Gasteiger partial charge in [-0.15, -0.1) is 10.2 Å². The van der Waals surface area contributed by atoms with Crippen molar-refractivity contribution < 1.29 is 32.6 Å². The molecule has 0 aliphatic heterocycles. The molecule has 1 aromatic heterocycles. The fraction of sp³-hybridized carbons (Fsp3) is 0.304. The number of aromatic nitrogens is 3. The second-order valence-corrected chi connectivity index (χ2v) is 8.54. The molecule has 2 aromatic carbocycles. The molecule has 3 aromatic rings. The minimum absolute atomic E-state index is 0.00709. The summed E-state index contributed by atoms with van der Waals surface area (Å²) in [6.07, 6.45) is -4.85. The molecule has 0 fully saturated rings. The van der Waals surface area contributed by atoms with Crippen LogP contribution in [0.4, 0.5) is 13.2 Å². The molecule has 0 spiro atoms. The molecule has 0 aliphatic rings. The van der Waals surface area contributed by atoms with Crippen LogP contribution in [-0.4, -0.2) is 38.3 Å². The van der Waals surface area contributed by atoms with Crippen LogP contribution in [0, 0.1) is 0 Å². The number of benzene rings is 2. The fourth-order valence-electron chi connectivity index (χ4n) is 3.48. The van der Waals surface area contributed by atoms with Gasteiger partial charge in [-0.05, 0) is 38.1 Å². The molecule has 12 heteroatoms. The SMILES string of the molecule is Cn1c(-c2ccccc2C(F)(F)F)nnc1C(C)(C)Oc1ccc(Cl)cc1C(=O)NCCC(=O)O. The zero-order valence-corrected chi connectivity index (χ0v) is 19.7. The molecule has 0 bridgehead atoms. The van der Waals surface area contributed by atoms with Gasteiger partial charge >= 0.3 is 12.1 Å². The number of amides is 1. The Morgan fingerprint density at radius 1 is 1.14 bits per heavy atom. The van der Waals surface area contributed by atoms with Gasteiger partial charge in [-0.3, -0.25) is 9.59 Å². The van der Waals surface area contributed by atoms with E-state index in [9.17, 15) is 22.8 Å². The Labute approximate surface area is 203 Å². The normalized spacial score (nSPS) is 11.9. The number of nitrogens with zero attached hydrogens (tertiary/aromatic N) is 3. The number of carbonyl (C=O) groups is 2. The third kappa shape index (κ3) is 5.91. The van der Waals surface area contributed by atoms with E-state index in [0.717, 1.165) is 6.07 Å². The van der Waals surface area contributed by atoms with Gasteiger partial charge in [0.1, 0.15) is 5.75 Å². The fourth-order valence-corrected chi connectivity index (χ4v) is 3.65. The Balaban J connectivity index is 1.94. The average Bonchev–Trinajstić information content (AvgIpc) is 3.16. The molecule has 0 aliphatic carbocycles. The van der Waals surface area contributed by atoms with Gasteiger partial charge in [0.2, 0.25) is 0 Å². The Hall–Kier alpha value is -3.60. The number of carbonyl (C=O) groups excluding carboxylic acids is 1. The first kappa shape index (κ1) is 26.0. The minimum atomic E-state index is -4.58. The summed E-state index contributed by atoms with van der Waals surface area (Å²) in [7, 11) is 1.52. The van der Waals surface area contributed by atoms with Crippen molar-refractivity contribution in [2.45, 2.75) is 32.0 Å². The highest BCUT2D eigenvalue weighted by atomic mass is 35.5. The van der Waals surface area contributed by atoms with E-state index in [4.69, 9.17) is 21.4 Å². The molecule has 0 radical (unpaired) electrons. The lowest BCUT2D eigenvalue weighted by Crippen LogP contribution is -2.31. The van der Waals surface area contributed by atoms with Crippen molar-refractivity contribution in [1.82, 2.24) is 20.1 Å². The summed E-state index contributed by atoms with van der Waals surface area (Å²) in [4.78, 5) is 23.3. The Morgan fingerprint density at radius 3 is 2.49 bits per heavy atom. The Kier molecular flexibility index (Phi) is 7.39. The quantitative estimate of drug-likeness (QED) is 0.456. The second-order valence-electron chi connectivity index (χ2n) is 8.10. The zero-order valence-electron chi connectivity index (χ0n) is 19.0. The first-order chi connectivity index (χ1) is 16.3. The van der Waals surface area contributed by atoms with Crippen LogP contribution in [-0.2, 0) is 23.6 Å². The molecule has 2 N–H and O–H groups in total. The van der Waals surface area contributed by atoms with Gasteiger partial charge in [0.25, 0.3) is 5.91 Å². The Morgan fingerprint density at radius 2 is 1.83 bits per heavy atom. The van der Waals surface area contributed by atoms with E-state index in [2.05, 4.69) is 15.5 Å². The van der Waals surface area contributed by atoms with Crippen LogP contribution >= 0.6 is 11.6 Å². The van der Waals surface area contributed by atoms with Gasteiger partial charge in [-0.2, -0.15) is 13.2 Å². The van der Waals surface area contributed by atoms with Crippen molar-refractivity contribution >= 4 is 23.5 Å². The molecule has 0 atom stereocenters. The van der Waals surface area contributed by atoms with E-state index in [1.165, 1.54) is 48.0 Å². The lowest BCUT2D eigenvalue weighted by molar-refractivity contribution is -0.137. The van der Waals surface area contributed by atoms with E-state index < -0.39 is 29.2 Å².